The van der Waals surface area contributed by atoms with Gasteiger partial charge in [-0.05, 0) is 61.2 Å². The van der Waals surface area contributed by atoms with Gasteiger partial charge in [0.2, 0.25) is 0 Å². The van der Waals surface area contributed by atoms with Crippen molar-refractivity contribution in [2.45, 2.75) is 44.6 Å². The summed E-state index contributed by atoms with van der Waals surface area (Å²) in [5.74, 6) is 0.0148. The zero-order valence-electron chi connectivity index (χ0n) is 17.4. The molecule has 1 unspecified atom stereocenters. The fourth-order valence-electron chi connectivity index (χ4n) is 3.03. The second-order valence-electron chi connectivity index (χ2n) is 7.42. The second-order valence-corrected chi connectivity index (χ2v) is 8.23. The van der Waals surface area contributed by atoms with E-state index in [2.05, 4.69) is 5.32 Å². The molecule has 6 nitrogen and oxygen atoms in total. The molecule has 0 spiro atoms. The van der Waals surface area contributed by atoms with Gasteiger partial charge in [0, 0.05) is 13.0 Å². The Kier molecular flexibility index (Phi) is 10.9. The van der Waals surface area contributed by atoms with Crippen molar-refractivity contribution in [2.75, 3.05) is 25.4 Å². The monoisotopic (exact) mass is 468 g/mol. The molecular formula is C23H30Cl2N2O4. The lowest BCUT2D eigenvalue weighted by molar-refractivity contribution is -0.143. The highest BCUT2D eigenvalue weighted by Crippen LogP contribution is 2.31. The standard InChI is InChI=1S/C23H30Cl2N2O4/c24-19-13-17(14-20(25)23(19)26)21(29)15-27-11-3-1-2-4-12-31-22(30)10-7-16-5-8-18(28)9-6-16/h5-6,8-9,13-14,21,27-29H,1-4,7,10-12,15,26H2. The van der Waals surface area contributed by atoms with Gasteiger partial charge < -0.3 is 26.0 Å². The zero-order valence-corrected chi connectivity index (χ0v) is 19.0. The normalized spacial score (nSPS) is 12.0. The lowest BCUT2D eigenvalue weighted by Crippen LogP contribution is -2.22. The highest BCUT2D eigenvalue weighted by Gasteiger charge is 2.12. The Labute approximate surface area is 193 Å². The molecule has 0 amide bonds. The number of ether oxygens (including phenoxy) is 1. The number of carbonyl (C=O) groups excluding carboxylic acids is 1. The largest absolute Gasteiger partial charge is 0.508 e. The number of benzene rings is 2. The van der Waals surface area contributed by atoms with E-state index in [0.717, 1.165) is 37.8 Å². The molecule has 2 aromatic carbocycles. The maximum atomic E-state index is 11.8. The molecule has 0 aliphatic carbocycles. The lowest BCUT2D eigenvalue weighted by Gasteiger charge is -2.14. The van der Waals surface area contributed by atoms with Crippen molar-refractivity contribution < 1.29 is 19.7 Å². The Bertz CT molecular complexity index is 808. The van der Waals surface area contributed by atoms with Gasteiger partial charge in [-0.25, -0.2) is 0 Å². The van der Waals surface area contributed by atoms with Crippen molar-refractivity contribution >= 4 is 34.9 Å². The summed E-state index contributed by atoms with van der Waals surface area (Å²) in [5, 5.41) is 23.4. The van der Waals surface area contributed by atoms with E-state index in [9.17, 15) is 15.0 Å². The van der Waals surface area contributed by atoms with Crippen LogP contribution < -0.4 is 11.1 Å². The third-order valence-corrected chi connectivity index (χ3v) is 5.51. The first-order chi connectivity index (χ1) is 14.9. The summed E-state index contributed by atoms with van der Waals surface area (Å²) < 4.78 is 5.26. The van der Waals surface area contributed by atoms with E-state index in [-0.39, 0.29) is 11.7 Å². The summed E-state index contributed by atoms with van der Waals surface area (Å²) in [6.07, 6.45) is 4.00. The van der Waals surface area contributed by atoms with Gasteiger partial charge in [-0.1, -0.05) is 48.2 Å². The molecule has 0 aromatic heterocycles. The first kappa shape index (κ1) is 25.3. The number of unbranched alkanes of at least 4 members (excludes halogenated alkanes) is 3. The summed E-state index contributed by atoms with van der Waals surface area (Å²) in [5.41, 5.74) is 7.64. The number of aromatic hydroxyl groups is 1. The van der Waals surface area contributed by atoms with Gasteiger partial charge >= 0.3 is 5.97 Å². The number of rotatable bonds is 13. The van der Waals surface area contributed by atoms with Crippen LogP contribution in [0.15, 0.2) is 36.4 Å². The molecule has 0 radical (unpaired) electrons. The van der Waals surface area contributed by atoms with Gasteiger partial charge in [0.1, 0.15) is 5.75 Å². The van der Waals surface area contributed by atoms with Crippen LogP contribution in [-0.4, -0.2) is 35.9 Å². The van der Waals surface area contributed by atoms with Crippen molar-refractivity contribution in [2.24, 2.45) is 0 Å². The van der Waals surface area contributed by atoms with Gasteiger partial charge in [-0.2, -0.15) is 0 Å². The fourth-order valence-corrected chi connectivity index (χ4v) is 3.53. The molecule has 0 heterocycles. The smallest absolute Gasteiger partial charge is 0.306 e. The Hall–Kier alpha value is -1.99. The van der Waals surface area contributed by atoms with E-state index < -0.39 is 6.10 Å². The van der Waals surface area contributed by atoms with Crippen LogP contribution in [0.4, 0.5) is 5.69 Å². The number of nitrogens with two attached hydrogens (primary N) is 1. The number of esters is 1. The Balaban J connectivity index is 1.47. The molecule has 0 fully saturated rings. The third kappa shape index (κ3) is 9.35. The number of halogens is 2. The second kappa shape index (κ2) is 13.4. The Morgan fingerprint density at radius 1 is 1.06 bits per heavy atom. The van der Waals surface area contributed by atoms with Gasteiger partial charge in [0.15, 0.2) is 0 Å². The highest BCUT2D eigenvalue weighted by molar-refractivity contribution is 6.38. The van der Waals surface area contributed by atoms with Crippen LogP contribution in [0.2, 0.25) is 10.0 Å². The first-order valence-electron chi connectivity index (χ1n) is 10.4. The number of phenols is 1. The molecule has 0 saturated carbocycles. The van der Waals surface area contributed by atoms with Crippen molar-refractivity contribution in [3.05, 3.63) is 57.6 Å². The SMILES string of the molecule is Nc1c(Cl)cc(C(O)CNCCCCCCOC(=O)CCc2ccc(O)cc2)cc1Cl. The van der Waals surface area contributed by atoms with E-state index in [4.69, 9.17) is 33.7 Å². The van der Waals surface area contributed by atoms with E-state index in [1.807, 2.05) is 0 Å². The minimum absolute atomic E-state index is 0.202. The third-order valence-electron chi connectivity index (χ3n) is 4.89. The maximum absolute atomic E-state index is 11.8. The predicted molar refractivity (Wildman–Crippen MR) is 125 cm³/mol. The van der Waals surface area contributed by atoms with Gasteiger partial charge in [0.25, 0.3) is 0 Å². The van der Waals surface area contributed by atoms with Crippen LogP contribution in [0.1, 0.15) is 49.3 Å². The van der Waals surface area contributed by atoms with E-state index in [1.54, 1.807) is 36.4 Å². The van der Waals surface area contributed by atoms with Crippen LogP contribution in [0.5, 0.6) is 5.75 Å². The molecule has 2 aromatic rings. The minimum Gasteiger partial charge on any atom is -0.508 e. The molecule has 5 N–H and O–H groups in total. The van der Waals surface area contributed by atoms with Gasteiger partial charge in [-0.15, -0.1) is 0 Å². The van der Waals surface area contributed by atoms with Gasteiger partial charge in [0.05, 0.1) is 28.4 Å². The number of aliphatic hydroxyl groups excluding tert-OH is 1. The number of aliphatic hydroxyl groups is 1. The van der Waals surface area contributed by atoms with Crippen molar-refractivity contribution in [3.8, 4) is 5.75 Å². The highest BCUT2D eigenvalue weighted by atomic mass is 35.5. The molecule has 8 heteroatoms. The number of aryl methyl sites for hydroxylation is 1. The number of hydrogen-bond donors (Lipinski definition) is 4. The molecule has 0 aliphatic rings. The average molecular weight is 469 g/mol. The quantitative estimate of drug-likeness (QED) is 0.194. The number of phenolic OH excluding ortho intramolecular Hbond substituents is 1. The summed E-state index contributed by atoms with van der Waals surface area (Å²) in [4.78, 5) is 11.8. The van der Waals surface area contributed by atoms with Crippen LogP contribution >= 0.6 is 23.2 Å². The fraction of sp³-hybridized carbons (Fsp3) is 0.435. The molecule has 0 aliphatic heterocycles. The van der Waals surface area contributed by atoms with Crippen LogP contribution in [0, 0.1) is 0 Å². The van der Waals surface area contributed by atoms with Gasteiger partial charge in [-0.3, -0.25) is 4.79 Å². The number of nitrogen functional groups attached to an aromatic ring is 1. The number of hydrogen-bond acceptors (Lipinski definition) is 6. The van der Waals surface area contributed by atoms with Crippen LogP contribution in [0.3, 0.4) is 0 Å². The summed E-state index contributed by atoms with van der Waals surface area (Å²) in [6.45, 7) is 1.61. The van der Waals surface area contributed by atoms with Crippen molar-refractivity contribution in [3.63, 3.8) is 0 Å². The van der Waals surface area contributed by atoms with Crippen LogP contribution in [-0.2, 0) is 16.0 Å². The molecule has 31 heavy (non-hydrogen) atoms. The molecule has 0 bridgehead atoms. The zero-order chi connectivity index (χ0) is 22.6. The summed E-state index contributed by atoms with van der Waals surface area (Å²) in [7, 11) is 0. The van der Waals surface area contributed by atoms with E-state index in [0.29, 0.717) is 47.3 Å². The molecular weight excluding hydrogens is 439 g/mol. The Morgan fingerprint density at radius 3 is 2.39 bits per heavy atom. The number of carbonyl (C=O) groups is 1. The van der Waals surface area contributed by atoms with Crippen molar-refractivity contribution in [1.29, 1.82) is 0 Å². The topological polar surface area (TPSA) is 105 Å². The van der Waals surface area contributed by atoms with Crippen LogP contribution in [0.25, 0.3) is 0 Å². The van der Waals surface area contributed by atoms with E-state index in [1.165, 1.54) is 0 Å². The minimum atomic E-state index is -0.711. The summed E-state index contributed by atoms with van der Waals surface area (Å²) >= 11 is 12.0. The molecule has 1 atom stereocenters. The average Bonchev–Trinajstić information content (AvgIpc) is 2.75. The maximum Gasteiger partial charge on any atom is 0.306 e. The van der Waals surface area contributed by atoms with E-state index >= 15 is 0 Å². The van der Waals surface area contributed by atoms with Crippen molar-refractivity contribution in [1.82, 2.24) is 5.32 Å². The molecule has 0 saturated heterocycles. The number of anilines is 1. The Morgan fingerprint density at radius 2 is 1.71 bits per heavy atom. The first-order valence-corrected chi connectivity index (χ1v) is 11.2. The molecule has 170 valence electrons. The summed E-state index contributed by atoms with van der Waals surface area (Å²) in [6, 6.07) is 10.1. The predicted octanol–water partition coefficient (Wildman–Crippen LogP) is 4.64. The molecule has 2 rings (SSSR count). The lowest BCUT2D eigenvalue weighted by atomic mass is 10.1. The number of nitrogens with one attached hydrogen (secondary N) is 1.